The second-order valence-corrected chi connectivity index (χ2v) is 13.8. The number of nitrogens with zero attached hydrogens (tertiary/aromatic N) is 5. The van der Waals surface area contributed by atoms with Crippen LogP contribution in [-0.2, 0) is 0 Å². The Morgan fingerprint density at radius 1 is 0.927 bits per heavy atom. The van der Waals surface area contributed by atoms with Crippen molar-refractivity contribution in [1.29, 1.82) is 0 Å². The normalized spacial score (nSPS) is 25.3. The highest BCUT2D eigenvalue weighted by Crippen LogP contribution is 2.44. The molecule has 1 unspecified atom stereocenters. The van der Waals surface area contributed by atoms with Gasteiger partial charge < -0.3 is 20.1 Å². The van der Waals surface area contributed by atoms with Crippen LogP contribution in [0.3, 0.4) is 0 Å². The lowest BCUT2D eigenvalue weighted by molar-refractivity contribution is 0.0335. The zero-order chi connectivity index (χ0) is 29.1. The van der Waals surface area contributed by atoms with E-state index in [1.807, 2.05) is 19.1 Å². The Morgan fingerprint density at radius 2 is 1.61 bits per heavy atom. The molecule has 4 aliphatic rings. The second kappa shape index (κ2) is 12.6. The fourth-order valence-electron chi connectivity index (χ4n) is 7.81. The molecule has 3 aliphatic heterocycles. The minimum Gasteiger partial charge on any atom is -0.375 e. The summed E-state index contributed by atoms with van der Waals surface area (Å²) < 4.78 is 0. The highest BCUT2D eigenvalue weighted by Gasteiger charge is 2.40. The molecule has 1 atom stereocenters. The van der Waals surface area contributed by atoms with Crippen molar-refractivity contribution < 1.29 is 0 Å². The van der Waals surface area contributed by atoms with E-state index < -0.39 is 0 Å². The van der Waals surface area contributed by atoms with Gasteiger partial charge in [0.1, 0.15) is 5.82 Å². The maximum atomic E-state index is 4.85. The number of hydrogen-bond acceptors (Lipinski definition) is 5. The van der Waals surface area contributed by atoms with E-state index in [2.05, 4.69) is 77.9 Å². The fraction of sp³-hybridized carbons (Fsp3) is 0.629. The number of piperidine rings is 2. The summed E-state index contributed by atoms with van der Waals surface area (Å²) in [5, 5.41) is 10.0. The van der Waals surface area contributed by atoms with Gasteiger partial charge in [-0.2, -0.15) is 5.10 Å². The van der Waals surface area contributed by atoms with Crippen molar-refractivity contribution in [1.82, 2.24) is 25.0 Å². The summed E-state index contributed by atoms with van der Waals surface area (Å²) in [5.74, 6) is 3.06. The lowest BCUT2D eigenvalue weighted by atomic mass is 9.70. The summed E-state index contributed by atoms with van der Waals surface area (Å²) in [6, 6.07) is 9.91. The van der Waals surface area contributed by atoms with Gasteiger partial charge in [-0.25, -0.2) is 0 Å². The molecule has 1 aromatic rings. The van der Waals surface area contributed by atoms with Crippen LogP contribution in [0.1, 0.15) is 88.7 Å². The van der Waals surface area contributed by atoms with E-state index in [0.29, 0.717) is 12.0 Å². The van der Waals surface area contributed by atoms with Gasteiger partial charge >= 0.3 is 0 Å². The number of nitrogens with one attached hydrogen (secondary N) is 1. The van der Waals surface area contributed by atoms with Gasteiger partial charge in [0.25, 0.3) is 0 Å². The molecule has 0 bridgehead atoms. The second-order valence-electron chi connectivity index (χ2n) is 13.8. The molecule has 1 aromatic carbocycles. The Bertz CT molecular complexity index is 1120. The summed E-state index contributed by atoms with van der Waals surface area (Å²) >= 11 is 0. The summed E-state index contributed by atoms with van der Waals surface area (Å²) in [6.45, 7) is 23.4. The Labute approximate surface area is 249 Å². The van der Waals surface area contributed by atoms with Crippen LogP contribution in [0.5, 0.6) is 0 Å². The topological polar surface area (TPSA) is 37.4 Å². The molecule has 1 aliphatic carbocycles. The van der Waals surface area contributed by atoms with Crippen LogP contribution >= 0.6 is 0 Å². The number of likely N-dealkylation sites (tertiary alicyclic amines) is 2. The lowest BCUT2D eigenvalue weighted by Crippen LogP contribution is -2.52. The summed E-state index contributed by atoms with van der Waals surface area (Å²) in [4.78, 5) is 7.61. The molecule has 0 amide bonds. The molecular formula is C35H54N6. The van der Waals surface area contributed by atoms with Crippen LogP contribution in [0.15, 0.2) is 66.3 Å². The van der Waals surface area contributed by atoms with Gasteiger partial charge in [-0.3, -0.25) is 4.90 Å². The first-order valence-corrected chi connectivity index (χ1v) is 16.1. The Kier molecular flexibility index (Phi) is 9.18. The average molecular weight is 559 g/mol. The lowest BCUT2D eigenvalue weighted by Gasteiger charge is -2.49. The smallest absolute Gasteiger partial charge is 0.161 e. The van der Waals surface area contributed by atoms with E-state index in [1.54, 1.807) is 0 Å². The van der Waals surface area contributed by atoms with Crippen LogP contribution in [0, 0.1) is 11.3 Å². The van der Waals surface area contributed by atoms with Crippen molar-refractivity contribution in [2.24, 2.45) is 16.4 Å². The van der Waals surface area contributed by atoms with Crippen molar-refractivity contribution in [3.63, 3.8) is 0 Å². The molecule has 6 heteroatoms. The largest absolute Gasteiger partial charge is 0.375 e. The van der Waals surface area contributed by atoms with E-state index in [9.17, 15) is 0 Å². The molecule has 5 rings (SSSR count). The van der Waals surface area contributed by atoms with Gasteiger partial charge in [0, 0.05) is 69.7 Å². The van der Waals surface area contributed by atoms with E-state index in [-0.39, 0.29) is 5.41 Å². The van der Waals surface area contributed by atoms with Gasteiger partial charge in [-0.05, 0) is 61.5 Å². The maximum Gasteiger partial charge on any atom is 0.161 e. The van der Waals surface area contributed by atoms with Crippen LogP contribution in [0.2, 0.25) is 0 Å². The molecule has 4 fully saturated rings. The van der Waals surface area contributed by atoms with Gasteiger partial charge in [0.05, 0.1) is 0 Å². The zero-order valence-corrected chi connectivity index (χ0v) is 26.3. The quantitative estimate of drug-likeness (QED) is 0.243. The van der Waals surface area contributed by atoms with E-state index in [4.69, 9.17) is 5.10 Å². The first kappa shape index (κ1) is 29.8. The number of benzene rings is 1. The zero-order valence-electron chi connectivity index (χ0n) is 26.3. The number of rotatable bonds is 6. The third-order valence-corrected chi connectivity index (χ3v) is 10.1. The van der Waals surface area contributed by atoms with E-state index in [1.165, 1.54) is 88.8 Å². The van der Waals surface area contributed by atoms with E-state index in [0.717, 1.165) is 41.8 Å². The third-order valence-electron chi connectivity index (χ3n) is 10.1. The van der Waals surface area contributed by atoms with E-state index >= 15 is 0 Å². The van der Waals surface area contributed by atoms with Crippen LogP contribution < -0.4 is 5.32 Å². The van der Waals surface area contributed by atoms with Gasteiger partial charge in [0.2, 0.25) is 0 Å². The number of allylic oxidation sites excluding steroid dienone is 1. The number of hydrogen-bond donors (Lipinski definition) is 1. The van der Waals surface area contributed by atoms with Crippen molar-refractivity contribution >= 4 is 5.84 Å². The SMILES string of the molecule is C=C1CCN(/C(=N/N(C)C)c2ccc(C3CCN(C4CCN(C(=C)C5CCCCC5)CC4)CC3(C)C)cc2)C(=C)N1. The Hall–Kier alpha value is -2.73. The molecule has 3 saturated heterocycles. The van der Waals surface area contributed by atoms with Gasteiger partial charge in [-0.1, -0.05) is 77.1 Å². The minimum atomic E-state index is 0.231. The van der Waals surface area contributed by atoms with Crippen LogP contribution in [-0.4, -0.2) is 78.4 Å². The molecule has 0 aromatic heterocycles. The van der Waals surface area contributed by atoms with Gasteiger partial charge in [0.15, 0.2) is 5.84 Å². The Balaban J connectivity index is 1.20. The highest BCUT2D eigenvalue weighted by molar-refractivity contribution is 5.99. The first-order chi connectivity index (χ1) is 19.6. The van der Waals surface area contributed by atoms with Crippen molar-refractivity contribution in [3.05, 3.63) is 72.3 Å². The molecule has 0 radical (unpaired) electrons. The Morgan fingerprint density at radius 3 is 2.22 bits per heavy atom. The standard InChI is InChI=1S/C35H54N6/c1-26-17-24-41(28(3)36-26)34(37-38(6)7)31-15-13-30(14-16-31)33-20-23-40(25-35(33,4)5)32-18-21-39(22-19-32)27(2)29-11-9-8-10-12-29/h13-16,29,32-33,36H,1-3,8-12,17-25H2,4-7H3/b37-34+. The summed E-state index contributed by atoms with van der Waals surface area (Å²) in [6.07, 6.45) is 11.5. The molecule has 224 valence electrons. The molecule has 0 spiro atoms. The monoisotopic (exact) mass is 558 g/mol. The van der Waals surface area contributed by atoms with Crippen LogP contribution in [0.25, 0.3) is 0 Å². The fourth-order valence-corrected chi connectivity index (χ4v) is 7.81. The minimum absolute atomic E-state index is 0.231. The summed E-state index contributed by atoms with van der Waals surface area (Å²) in [7, 11) is 3.95. The van der Waals surface area contributed by atoms with Gasteiger partial charge in [-0.15, -0.1) is 0 Å². The van der Waals surface area contributed by atoms with Crippen molar-refractivity contribution in [2.75, 3.05) is 46.8 Å². The highest BCUT2D eigenvalue weighted by atomic mass is 15.5. The molecule has 41 heavy (non-hydrogen) atoms. The molecule has 1 N–H and O–H groups in total. The van der Waals surface area contributed by atoms with Crippen molar-refractivity contribution in [3.8, 4) is 0 Å². The first-order valence-electron chi connectivity index (χ1n) is 16.1. The van der Waals surface area contributed by atoms with Crippen molar-refractivity contribution in [2.45, 2.75) is 83.6 Å². The molecule has 6 nitrogen and oxygen atoms in total. The maximum absolute atomic E-state index is 4.85. The molecular weight excluding hydrogens is 504 g/mol. The number of hydrazone groups is 1. The molecule has 3 heterocycles. The van der Waals surface area contributed by atoms with Crippen LogP contribution in [0.4, 0.5) is 0 Å². The average Bonchev–Trinajstić information content (AvgIpc) is 2.96. The predicted molar refractivity (Wildman–Crippen MR) is 172 cm³/mol. The predicted octanol–water partition coefficient (Wildman–Crippen LogP) is 6.56. The number of amidine groups is 1. The summed E-state index contributed by atoms with van der Waals surface area (Å²) in [5.41, 5.74) is 5.25. The third kappa shape index (κ3) is 6.85. The molecule has 1 saturated carbocycles.